The van der Waals surface area contributed by atoms with Crippen molar-refractivity contribution in [2.24, 2.45) is 5.73 Å². The van der Waals surface area contributed by atoms with Crippen LogP contribution in [-0.4, -0.2) is 49.4 Å². The Bertz CT molecular complexity index is 515. The number of carbonyl (C=O) groups excluding carboxylic acids is 2. The van der Waals surface area contributed by atoms with Gasteiger partial charge in [0.05, 0.1) is 12.1 Å². The molecule has 0 atom stereocenters. The second-order valence-corrected chi connectivity index (χ2v) is 5.40. The Morgan fingerprint density at radius 2 is 2.05 bits per heavy atom. The monoisotopic (exact) mass is 340 g/mol. The van der Waals surface area contributed by atoms with Crippen LogP contribution in [0.3, 0.4) is 0 Å². The number of nitrogens with two attached hydrogens (primary N) is 1. The molecule has 1 fully saturated rings. The highest BCUT2D eigenvalue weighted by Crippen LogP contribution is 2.21. The summed E-state index contributed by atoms with van der Waals surface area (Å²) in [5.74, 6) is -0.415. The van der Waals surface area contributed by atoms with Crippen molar-refractivity contribution in [3.8, 4) is 0 Å². The topological polar surface area (TPSA) is 87.5 Å². The molecule has 6 nitrogen and oxygen atoms in total. The Morgan fingerprint density at radius 3 is 2.65 bits per heavy atom. The number of primary amides is 1. The normalized spacial score (nSPS) is 14.9. The number of hydrogen-bond acceptors (Lipinski definition) is 4. The Kier molecular flexibility index (Phi) is 4.97. The van der Waals surface area contributed by atoms with Crippen molar-refractivity contribution in [3.63, 3.8) is 0 Å². The molecule has 4 N–H and O–H groups in total. The van der Waals surface area contributed by atoms with E-state index >= 15 is 0 Å². The molecule has 1 aliphatic rings. The summed E-state index contributed by atoms with van der Waals surface area (Å²) >= 11 is 3.29. The Hall–Kier alpha value is -1.60. The number of amides is 2. The van der Waals surface area contributed by atoms with Crippen LogP contribution in [-0.2, 0) is 4.79 Å². The van der Waals surface area contributed by atoms with Crippen molar-refractivity contribution >= 4 is 33.4 Å². The van der Waals surface area contributed by atoms with E-state index in [0.29, 0.717) is 10.0 Å². The number of nitrogens with one attached hydrogen (secondary N) is 2. The maximum absolute atomic E-state index is 12.0. The van der Waals surface area contributed by atoms with Crippen molar-refractivity contribution < 1.29 is 9.59 Å². The molecule has 0 aliphatic carbocycles. The van der Waals surface area contributed by atoms with Gasteiger partial charge in [-0.05, 0) is 34.1 Å². The van der Waals surface area contributed by atoms with Crippen molar-refractivity contribution in [2.45, 2.75) is 0 Å². The molecule has 1 aliphatic heterocycles. The molecule has 1 aromatic carbocycles. The molecule has 0 spiro atoms. The van der Waals surface area contributed by atoms with Crippen LogP contribution >= 0.6 is 15.9 Å². The number of carbonyl (C=O) groups is 2. The van der Waals surface area contributed by atoms with Crippen LogP contribution in [0.5, 0.6) is 0 Å². The minimum absolute atomic E-state index is 0.0709. The lowest BCUT2D eigenvalue weighted by molar-refractivity contribution is -0.129. The van der Waals surface area contributed by atoms with Gasteiger partial charge in [-0.25, -0.2) is 0 Å². The van der Waals surface area contributed by atoms with Gasteiger partial charge in [-0.3, -0.25) is 9.59 Å². The molecule has 1 aromatic rings. The van der Waals surface area contributed by atoms with Crippen molar-refractivity contribution in [1.82, 2.24) is 10.2 Å². The van der Waals surface area contributed by atoms with Crippen molar-refractivity contribution in [2.75, 3.05) is 38.0 Å². The highest BCUT2D eigenvalue weighted by Gasteiger charge is 2.15. The molecule has 108 valence electrons. The predicted octanol–water partition coefficient (Wildman–Crippen LogP) is 0.392. The predicted molar refractivity (Wildman–Crippen MR) is 80.6 cm³/mol. The number of nitrogens with zero attached hydrogens (tertiary/aromatic N) is 1. The van der Waals surface area contributed by atoms with E-state index in [2.05, 4.69) is 26.6 Å². The van der Waals surface area contributed by atoms with E-state index in [1.807, 2.05) is 4.90 Å². The van der Waals surface area contributed by atoms with E-state index in [0.717, 1.165) is 31.9 Å². The maximum Gasteiger partial charge on any atom is 0.249 e. The Labute approximate surface area is 125 Å². The molecule has 1 heterocycles. The third-order valence-electron chi connectivity index (χ3n) is 3.15. The average Bonchev–Trinajstić information content (AvgIpc) is 2.45. The summed E-state index contributed by atoms with van der Waals surface area (Å²) in [4.78, 5) is 24.9. The van der Waals surface area contributed by atoms with E-state index in [-0.39, 0.29) is 12.5 Å². The zero-order chi connectivity index (χ0) is 14.5. The van der Waals surface area contributed by atoms with Gasteiger partial charge in [0.2, 0.25) is 11.8 Å². The lowest BCUT2D eigenvalue weighted by atomic mass is 10.2. The summed E-state index contributed by atoms with van der Waals surface area (Å²) in [5, 5.41) is 6.26. The summed E-state index contributed by atoms with van der Waals surface area (Å²) in [6.07, 6.45) is 0. The third kappa shape index (κ3) is 3.71. The maximum atomic E-state index is 12.0. The number of rotatable bonds is 4. The molecule has 2 amide bonds. The molecule has 0 bridgehead atoms. The van der Waals surface area contributed by atoms with Gasteiger partial charge in [0, 0.05) is 36.3 Å². The molecule has 0 radical (unpaired) electrons. The average molecular weight is 341 g/mol. The van der Waals surface area contributed by atoms with Gasteiger partial charge in [-0.15, -0.1) is 0 Å². The fourth-order valence-corrected chi connectivity index (χ4v) is 2.60. The zero-order valence-corrected chi connectivity index (χ0v) is 12.6. The van der Waals surface area contributed by atoms with Gasteiger partial charge < -0.3 is 21.3 Å². The molecule has 0 unspecified atom stereocenters. The van der Waals surface area contributed by atoms with Crippen LogP contribution in [0.2, 0.25) is 0 Å². The Morgan fingerprint density at radius 1 is 1.35 bits per heavy atom. The van der Waals surface area contributed by atoms with Gasteiger partial charge in [0.1, 0.15) is 0 Å². The number of halogens is 1. The quantitative estimate of drug-likeness (QED) is 0.740. The van der Waals surface area contributed by atoms with Gasteiger partial charge in [-0.2, -0.15) is 0 Å². The summed E-state index contributed by atoms with van der Waals surface area (Å²) in [7, 11) is 0. The molecule has 0 aromatic heterocycles. The summed E-state index contributed by atoms with van der Waals surface area (Å²) in [6.45, 7) is 3.40. The third-order valence-corrected chi connectivity index (χ3v) is 3.80. The number of piperazine rings is 1. The SMILES string of the molecule is NC(=O)c1ccc(NCC(=O)N2CCNCC2)cc1Br. The minimum atomic E-state index is -0.486. The first kappa shape index (κ1) is 14.8. The lowest BCUT2D eigenvalue weighted by Crippen LogP contribution is -2.48. The van der Waals surface area contributed by atoms with Crippen molar-refractivity contribution in [1.29, 1.82) is 0 Å². The van der Waals surface area contributed by atoms with Crippen LogP contribution in [0.25, 0.3) is 0 Å². The van der Waals surface area contributed by atoms with Gasteiger partial charge in [0.15, 0.2) is 0 Å². The molecular formula is C13H17BrN4O2. The van der Waals surface area contributed by atoms with E-state index in [4.69, 9.17) is 5.73 Å². The Balaban J connectivity index is 1.92. The highest BCUT2D eigenvalue weighted by atomic mass is 79.9. The van der Waals surface area contributed by atoms with E-state index in [9.17, 15) is 9.59 Å². The first-order chi connectivity index (χ1) is 9.58. The van der Waals surface area contributed by atoms with Crippen LogP contribution in [0.15, 0.2) is 22.7 Å². The summed E-state index contributed by atoms with van der Waals surface area (Å²) in [5.41, 5.74) is 6.42. The van der Waals surface area contributed by atoms with E-state index < -0.39 is 5.91 Å². The fourth-order valence-electron chi connectivity index (χ4n) is 2.03. The highest BCUT2D eigenvalue weighted by molar-refractivity contribution is 9.10. The number of hydrogen-bond donors (Lipinski definition) is 3. The minimum Gasteiger partial charge on any atom is -0.376 e. The molecule has 0 saturated carbocycles. The molecule has 20 heavy (non-hydrogen) atoms. The summed E-state index contributed by atoms with van der Waals surface area (Å²) in [6, 6.07) is 5.10. The number of anilines is 1. The van der Waals surface area contributed by atoms with E-state index in [1.54, 1.807) is 18.2 Å². The number of benzene rings is 1. The van der Waals surface area contributed by atoms with Gasteiger partial charge in [-0.1, -0.05) is 0 Å². The fraction of sp³-hybridized carbons (Fsp3) is 0.385. The van der Waals surface area contributed by atoms with E-state index in [1.165, 1.54) is 0 Å². The first-order valence-corrected chi connectivity index (χ1v) is 7.19. The van der Waals surface area contributed by atoms with Crippen molar-refractivity contribution in [3.05, 3.63) is 28.2 Å². The standard InChI is InChI=1S/C13H17BrN4O2/c14-11-7-9(1-2-10(11)13(15)20)17-8-12(19)18-5-3-16-4-6-18/h1-2,7,16-17H,3-6,8H2,(H2,15,20). The molecule has 1 saturated heterocycles. The second kappa shape index (κ2) is 6.71. The van der Waals surface area contributed by atoms with Crippen LogP contribution in [0.1, 0.15) is 10.4 Å². The first-order valence-electron chi connectivity index (χ1n) is 6.39. The van der Waals surface area contributed by atoms with Gasteiger partial charge >= 0.3 is 0 Å². The van der Waals surface area contributed by atoms with Crippen LogP contribution in [0, 0.1) is 0 Å². The smallest absolute Gasteiger partial charge is 0.249 e. The van der Waals surface area contributed by atoms with Crippen LogP contribution in [0.4, 0.5) is 5.69 Å². The largest absolute Gasteiger partial charge is 0.376 e. The van der Waals surface area contributed by atoms with Gasteiger partial charge in [0.25, 0.3) is 0 Å². The molecular weight excluding hydrogens is 324 g/mol. The molecule has 7 heteroatoms. The molecule has 2 rings (SSSR count). The second-order valence-electron chi connectivity index (χ2n) is 4.54. The summed E-state index contributed by atoms with van der Waals surface area (Å²) < 4.78 is 0.615. The lowest BCUT2D eigenvalue weighted by Gasteiger charge is -2.27. The van der Waals surface area contributed by atoms with Crippen LogP contribution < -0.4 is 16.4 Å². The zero-order valence-electron chi connectivity index (χ0n) is 11.0.